The number of anilines is 2. The summed E-state index contributed by atoms with van der Waals surface area (Å²) in [5, 5.41) is 0. The average molecular weight is 389 g/mol. The molecule has 0 unspecified atom stereocenters. The van der Waals surface area contributed by atoms with Crippen molar-refractivity contribution < 1.29 is 13.2 Å². The molecule has 0 saturated carbocycles. The highest BCUT2D eigenvalue weighted by Gasteiger charge is 2.21. The summed E-state index contributed by atoms with van der Waals surface area (Å²) in [5.41, 5.74) is 2.54. The van der Waals surface area contributed by atoms with E-state index in [1.165, 1.54) is 10.6 Å². The van der Waals surface area contributed by atoms with Crippen molar-refractivity contribution in [1.29, 1.82) is 0 Å². The molecule has 0 aromatic heterocycles. The molecular formula is C21H28N2O3S. The van der Waals surface area contributed by atoms with Gasteiger partial charge in [0.25, 0.3) is 0 Å². The summed E-state index contributed by atoms with van der Waals surface area (Å²) in [6, 6.07) is 16.9. The van der Waals surface area contributed by atoms with Gasteiger partial charge >= 0.3 is 0 Å². The number of para-hydroxylation sites is 1. The predicted molar refractivity (Wildman–Crippen MR) is 112 cm³/mol. The van der Waals surface area contributed by atoms with E-state index in [-0.39, 0.29) is 18.9 Å². The van der Waals surface area contributed by atoms with Gasteiger partial charge in [-0.25, -0.2) is 8.42 Å². The van der Waals surface area contributed by atoms with Crippen molar-refractivity contribution in [2.75, 3.05) is 28.6 Å². The molecule has 27 heavy (non-hydrogen) atoms. The molecule has 0 aliphatic carbocycles. The zero-order valence-corrected chi connectivity index (χ0v) is 17.2. The Balaban J connectivity index is 2.16. The molecule has 0 aliphatic rings. The molecule has 0 atom stereocenters. The molecule has 0 aliphatic heterocycles. The number of rotatable bonds is 8. The third-order valence-corrected chi connectivity index (χ3v) is 5.66. The maximum atomic E-state index is 12.7. The van der Waals surface area contributed by atoms with Crippen LogP contribution in [0.25, 0.3) is 0 Å². The number of nitrogens with zero attached hydrogens (tertiary/aromatic N) is 2. The van der Waals surface area contributed by atoms with Crippen molar-refractivity contribution in [3.8, 4) is 0 Å². The second-order valence-electron chi connectivity index (χ2n) is 6.80. The molecule has 2 aromatic rings. The first-order valence-electron chi connectivity index (χ1n) is 9.17. The van der Waals surface area contributed by atoms with E-state index < -0.39 is 10.0 Å². The molecule has 2 rings (SSSR count). The Kier molecular flexibility index (Phi) is 7.02. The molecule has 0 fully saturated rings. The van der Waals surface area contributed by atoms with Gasteiger partial charge in [-0.05, 0) is 42.7 Å². The van der Waals surface area contributed by atoms with E-state index in [1.807, 2.05) is 49.4 Å². The van der Waals surface area contributed by atoms with E-state index in [4.69, 9.17) is 0 Å². The molecule has 0 heterocycles. The number of sulfonamides is 1. The third-order valence-electron chi connectivity index (χ3n) is 4.46. The Hall–Kier alpha value is -2.34. The lowest BCUT2D eigenvalue weighted by Crippen LogP contribution is -2.36. The SMILES string of the molecule is CCN(C(=O)CCN(c1ccc(C(C)C)cc1)S(C)(=O)=O)c1ccccc1. The zero-order chi connectivity index (χ0) is 20.0. The topological polar surface area (TPSA) is 57.7 Å². The van der Waals surface area contributed by atoms with Gasteiger partial charge in [-0.2, -0.15) is 0 Å². The highest BCUT2D eigenvalue weighted by atomic mass is 32.2. The largest absolute Gasteiger partial charge is 0.313 e. The fourth-order valence-corrected chi connectivity index (χ4v) is 3.88. The van der Waals surface area contributed by atoms with Crippen molar-refractivity contribution >= 4 is 27.3 Å². The Morgan fingerprint density at radius 3 is 2.04 bits per heavy atom. The van der Waals surface area contributed by atoms with E-state index in [1.54, 1.807) is 17.0 Å². The van der Waals surface area contributed by atoms with E-state index in [2.05, 4.69) is 13.8 Å². The smallest absolute Gasteiger partial charge is 0.232 e. The molecule has 2 aromatic carbocycles. The quantitative estimate of drug-likeness (QED) is 0.686. The van der Waals surface area contributed by atoms with Crippen molar-refractivity contribution in [3.63, 3.8) is 0 Å². The first-order valence-corrected chi connectivity index (χ1v) is 11.0. The van der Waals surface area contributed by atoms with E-state index >= 15 is 0 Å². The predicted octanol–water partition coefficient (Wildman–Crippen LogP) is 4.02. The van der Waals surface area contributed by atoms with Gasteiger partial charge in [-0.15, -0.1) is 0 Å². The Morgan fingerprint density at radius 1 is 0.963 bits per heavy atom. The van der Waals surface area contributed by atoms with Crippen molar-refractivity contribution in [1.82, 2.24) is 0 Å². The summed E-state index contributed by atoms with van der Waals surface area (Å²) in [7, 11) is -3.48. The van der Waals surface area contributed by atoms with E-state index in [0.29, 0.717) is 18.2 Å². The van der Waals surface area contributed by atoms with Crippen LogP contribution in [0, 0.1) is 0 Å². The molecule has 146 valence electrons. The number of hydrogen-bond donors (Lipinski definition) is 0. The highest BCUT2D eigenvalue weighted by molar-refractivity contribution is 7.92. The molecule has 1 amide bonds. The average Bonchev–Trinajstić information content (AvgIpc) is 2.62. The maximum absolute atomic E-state index is 12.7. The lowest BCUT2D eigenvalue weighted by Gasteiger charge is -2.25. The van der Waals surface area contributed by atoms with Gasteiger partial charge in [0.15, 0.2) is 0 Å². The number of benzene rings is 2. The molecule has 6 heteroatoms. The van der Waals surface area contributed by atoms with Gasteiger partial charge in [0.1, 0.15) is 0 Å². The summed E-state index contributed by atoms with van der Waals surface area (Å²) in [5.74, 6) is 0.271. The summed E-state index contributed by atoms with van der Waals surface area (Å²) in [4.78, 5) is 14.4. The second kappa shape index (κ2) is 9.04. The van der Waals surface area contributed by atoms with Gasteiger partial charge in [0.05, 0.1) is 11.9 Å². The molecule has 0 bridgehead atoms. The molecule has 0 N–H and O–H groups in total. The van der Waals surface area contributed by atoms with Gasteiger partial charge < -0.3 is 4.90 Å². The van der Waals surface area contributed by atoms with Crippen LogP contribution in [0.4, 0.5) is 11.4 Å². The first-order chi connectivity index (χ1) is 12.7. The van der Waals surface area contributed by atoms with E-state index in [0.717, 1.165) is 11.3 Å². The summed E-state index contributed by atoms with van der Waals surface area (Å²) in [6.45, 7) is 6.73. The Labute approximate surface area is 162 Å². The van der Waals surface area contributed by atoms with Gasteiger partial charge in [-0.1, -0.05) is 44.2 Å². The van der Waals surface area contributed by atoms with Crippen LogP contribution in [-0.4, -0.2) is 33.7 Å². The van der Waals surface area contributed by atoms with Crippen LogP contribution in [0.15, 0.2) is 54.6 Å². The normalized spacial score (nSPS) is 11.4. The fourth-order valence-electron chi connectivity index (χ4n) is 2.95. The van der Waals surface area contributed by atoms with Crippen LogP contribution in [0.2, 0.25) is 0 Å². The molecule has 0 spiro atoms. The van der Waals surface area contributed by atoms with Crippen LogP contribution in [-0.2, 0) is 14.8 Å². The molecule has 0 radical (unpaired) electrons. The summed E-state index contributed by atoms with van der Waals surface area (Å²) >= 11 is 0. The van der Waals surface area contributed by atoms with Crippen LogP contribution in [0.3, 0.4) is 0 Å². The Morgan fingerprint density at radius 2 is 1.56 bits per heavy atom. The lowest BCUT2D eigenvalue weighted by atomic mass is 10.0. The number of hydrogen-bond acceptors (Lipinski definition) is 3. The molecule has 5 nitrogen and oxygen atoms in total. The maximum Gasteiger partial charge on any atom is 0.232 e. The minimum Gasteiger partial charge on any atom is -0.313 e. The van der Waals surface area contributed by atoms with Crippen LogP contribution >= 0.6 is 0 Å². The number of carbonyl (C=O) groups excluding carboxylic acids is 1. The minimum absolute atomic E-state index is 0.101. The third kappa shape index (κ3) is 5.57. The van der Waals surface area contributed by atoms with Crippen LogP contribution < -0.4 is 9.21 Å². The number of carbonyl (C=O) groups is 1. The minimum atomic E-state index is -3.48. The standard InChI is InChI=1S/C21H28N2O3S/c1-5-22(19-9-7-6-8-10-19)21(24)15-16-23(27(4,25)26)20-13-11-18(12-14-20)17(2)3/h6-14,17H,5,15-16H2,1-4H3. The van der Waals surface area contributed by atoms with Gasteiger partial charge in [-0.3, -0.25) is 9.10 Å². The fraction of sp³-hybridized carbons (Fsp3) is 0.381. The summed E-state index contributed by atoms with van der Waals surface area (Å²) < 4.78 is 25.8. The van der Waals surface area contributed by atoms with Gasteiger partial charge in [0.2, 0.25) is 15.9 Å². The van der Waals surface area contributed by atoms with Crippen molar-refractivity contribution in [2.45, 2.75) is 33.1 Å². The van der Waals surface area contributed by atoms with Crippen molar-refractivity contribution in [3.05, 3.63) is 60.2 Å². The number of amides is 1. The summed E-state index contributed by atoms with van der Waals surface area (Å²) in [6.07, 6.45) is 1.28. The molecular weight excluding hydrogens is 360 g/mol. The van der Waals surface area contributed by atoms with Crippen LogP contribution in [0.5, 0.6) is 0 Å². The first kappa shape index (κ1) is 21.0. The van der Waals surface area contributed by atoms with Crippen LogP contribution in [0.1, 0.15) is 38.7 Å². The lowest BCUT2D eigenvalue weighted by molar-refractivity contribution is -0.118. The highest BCUT2D eigenvalue weighted by Crippen LogP contribution is 2.23. The zero-order valence-electron chi connectivity index (χ0n) is 16.4. The Bertz CT molecular complexity index is 847. The molecule has 0 saturated heterocycles. The van der Waals surface area contributed by atoms with Crippen molar-refractivity contribution in [2.24, 2.45) is 0 Å². The van der Waals surface area contributed by atoms with E-state index in [9.17, 15) is 13.2 Å². The van der Waals surface area contributed by atoms with Gasteiger partial charge in [0, 0.05) is 25.2 Å². The second-order valence-corrected chi connectivity index (χ2v) is 8.71. The monoisotopic (exact) mass is 388 g/mol.